The number of hydrogen-bond acceptors (Lipinski definition) is 6. The van der Waals surface area contributed by atoms with Crippen molar-refractivity contribution in [2.24, 2.45) is 0 Å². The molecule has 0 amide bonds. The number of aromatic nitrogens is 4. The third kappa shape index (κ3) is 4.72. The summed E-state index contributed by atoms with van der Waals surface area (Å²) in [5, 5.41) is 23.0. The maximum Gasteiger partial charge on any atom is 0.328 e. The second-order valence-electron chi connectivity index (χ2n) is 9.04. The fourth-order valence-electron chi connectivity index (χ4n) is 3.91. The van der Waals surface area contributed by atoms with E-state index in [1.807, 2.05) is 0 Å². The van der Waals surface area contributed by atoms with Crippen LogP contribution < -0.4 is 10.1 Å². The Morgan fingerprint density at radius 3 is 2.41 bits per heavy atom. The van der Waals surface area contributed by atoms with Gasteiger partial charge in [0.05, 0.1) is 5.69 Å². The van der Waals surface area contributed by atoms with E-state index in [0.29, 0.717) is 11.5 Å². The first-order valence-corrected chi connectivity index (χ1v) is 12.2. The van der Waals surface area contributed by atoms with Gasteiger partial charge in [0.1, 0.15) is 0 Å². The van der Waals surface area contributed by atoms with Gasteiger partial charge in [-0.05, 0) is 55.8 Å². The van der Waals surface area contributed by atoms with Gasteiger partial charge in [-0.3, -0.25) is 0 Å². The molecule has 0 saturated heterocycles. The van der Waals surface area contributed by atoms with Crippen LogP contribution in [0.2, 0.25) is 0 Å². The molecule has 0 radical (unpaired) electrons. The van der Waals surface area contributed by atoms with Crippen LogP contribution in [0.25, 0.3) is 28.2 Å². The first kappa shape index (κ1) is 23.6. The highest BCUT2D eigenvalue weighted by molar-refractivity contribution is 7.16. The third-order valence-electron chi connectivity index (χ3n) is 5.64. The summed E-state index contributed by atoms with van der Waals surface area (Å²) in [6.07, 6.45) is 4.56. The van der Waals surface area contributed by atoms with Gasteiger partial charge < -0.3 is 10.0 Å². The highest BCUT2D eigenvalue weighted by atomic mass is 32.1. The molecule has 0 fully saturated rings. The zero-order valence-electron chi connectivity index (χ0n) is 20.1. The quantitative estimate of drug-likeness (QED) is 0.392. The van der Waals surface area contributed by atoms with E-state index in [1.54, 1.807) is 15.9 Å². The van der Waals surface area contributed by atoms with E-state index in [0.717, 1.165) is 35.0 Å². The van der Waals surface area contributed by atoms with Gasteiger partial charge in [-0.1, -0.05) is 32.9 Å². The molecule has 0 aliphatic carbocycles. The molecule has 0 unspecified atom stereocenters. The van der Waals surface area contributed by atoms with Gasteiger partial charge in [0, 0.05) is 45.2 Å². The minimum atomic E-state index is -1.04. The number of carboxylic acid groups (broad SMARTS) is 1. The molecule has 8 heteroatoms. The van der Waals surface area contributed by atoms with E-state index < -0.39 is 5.97 Å². The number of anilines is 1. The summed E-state index contributed by atoms with van der Waals surface area (Å²) in [5.41, 5.74) is 3.71. The van der Waals surface area contributed by atoms with Crippen molar-refractivity contribution in [1.82, 2.24) is 19.8 Å². The fraction of sp³-hybridized carbons (Fsp3) is 0.308. The molecule has 0 saturated carbocycles. The molecular formula is C26H29N5O2S. The predicted molar refractivity (Wildman–Crippen MR) is 138 cm³/mol. The van der Waals surface area contributed by atoms with Crippen molar-refractivity contribution < 1.29 is 9.90 Å². The van der Waals surface area contributed by atoms with E-state index in [9.17, 15) is 4.79 Å². The zero-order chi connectivity index (χ0) is 24.5. The highest BCUT2D eigenvalue weighted by Crippen LogP contribution is 2.30. The maximum atomic E-state index is 10.9. The Morgan fingerprint density at radius 1 is 1.09 bits per heavy atom. The number of fused-ring (bicyclic) bond motifs is 1. The van der Waals surface area contributed by atoms with Gasteiger partial charge >= 0.3 is 5.97 Å². The van der Waals surface area contributed by atoms with Crippen LogP contribution >= 0.6 is 11.3 Å². The molecule has 1 aromatic carbocycles. The molecule has 3 aromatic heterocycles. The van der Waals surface area contributed by atoms with Gasteiger partial charge in [0.2, 0.25) is 0 Å². The molecule has 4 aromatic rings. The summed E-state index contributed by atoms with van der Waals surface area (Å²) in [4.78, 5) is 15.5. The molecule has 0 aliphatic rings. The molecule has 34 heavy (non-hydrogen) atoms. The van der Waals surface area contributed by atoms with E-state index in [1.165, 1.54) is 22.2 Å². The van der Waals surface area contributed by atoms with Crippen LogP contribution in [0, 0.1) is 0 Å². The van der Waals surface area contributed by atoms with Crippen molar-refractivity contribution in [3.8, 4) is 10.4 Å². The summed E-state index contributed by atoms with van der Waals surface area (Å²) in [5.74, 6) is -0.648. The van der Waals surface area contributed by atoms with Crippen LogP contribution in [0.3, 0.4) is 0 Å². The molecule has 7 nitrogen and oxygen atoms in total. The Morgan fingerprint density at radius 2 is 1.79 bits per heavy atom. The van der Waals surface area contributed by atoms with Gasteiger partial charge in [0.25, 0.3) is 0 Å². The summed E-state index contributed by atoms with van der Waals surface area (Å²) in [6.45, 7) is 12.6. The standard InChI is InChI=1S/C26H29N5O2S/c1-6-30(7-2)18-10-8-17(9-11-18)21-13-12-19(34-21)16-20-24(26(3,4)5)29-31-22(14-15-23(32)33)27-28-25(20)31/h8-16H,6-7H2,1-5H3,(H,32,33)/b15-14+,20-16-. The predicted octanol–water partition coefficient (Wildman–Crippen LogP) is 4.64. The summed E-state index contributed by atoms with van der Waals surface area (Å²) in [6, 6.07) is 12.9. The number of hydrogen-bond donors (Lipinski definition) is 1. The monoisotopic (exact) mass is 475 g/mol. The number of nitrogens with zero attached hydrogens (tertiary/aromatic N) is 5. The number of rotatable bonds is 7. The first-order valence-electron chi connectivity index (χ1n) is 11.3. The van der Waals surface area contributed by atoms with Gasteiger partial charge in [-0.25, -0.2) is 4.79 Å². The third-order valence-corrected chi connectivity index (χ3v) is 6.72. The number of thiophene rings is 1. The average molecular weight is 476 g/mol. The molecule has 0 aliphatic heterocycles. The number of carboxylic acids is 1. The normalized spacial score (nSPS) is 12.8. The van der Waals surface area contributed by atoms with Crippen LogP contribution in [0.5, 0.6) is 0 Å². The minimum absolute atomic E-state index is 0.222. The lowest BCUT2D eigenvalue weighted by atomic mass is 9.91. The number of aliphatic carboxylic acids is 1. The van der Waals surface area contributed by atoms with Crippen molar-refractivity contribution in [2.45, 2.75) is 40.0 Å². The van der Waals surface area contributed by atoms with Crippen LogP contribution in [0.15, 0.2) is 42.5 Å². The van der Waals surface area contributed by atoms with Gasteiger partial charge in [-0.15, -0.1) is 21.5 Å². The van der Waals surface area contributed by atoms with Crippen molar-refractivity contribution >= 4 is 40.8 Å². The second-order valence-corrected chi connectivity index (χ2v) is 10.2. The van der Waals surface area contributed by atoms with E-state index in [-0.39, 0.29) is 5.41 Å². The Kier molecular flexibility index (Phi) is 6.52. The lowest BCUT2D eigenvalue weighted by Gasteiger charge is -2.21. The molecule has 3 heterocycles. The van der Waals surface area contributed by atoms with Crippen LogP contribution in [-0.4, -0.2) is 44.0 Å². The highest BCUT2D eigenvalue weighted by Gasteiger charge is 2.23. The molecule has 0 atom stereocenters. The minimum Gasteiger partial charge on any atom is -0.478 e. The number of carbonyl (C=O) groups is 1. The smallest absolute Gasteiger partial charge is 0.328 e. The second kappa shape index (κ2) is 9.38. The summed E-state index contributed by atoms with van der Waals surface area (Å²) >= 11 is 1.71. The van der Waals surface area contributed by atoms with Gasteiger partial charge in [-0.2, -0.15) is 9.61 Å². The van der Waals surface area contributed by atoms with E-state index in [4.69, 9.17) is 10.2 Å². The SMILES string of the molecule is CCN(CC)c1ccc(-c2ccc(/C=c3/c(C(C)(C)C)nn4c(/C=C/C(=O)O)nnc34)s2)cc1. The molecule has 0 spiro atoms. The van der Waals surface area contributed by atoms with Crippen LogP contribution in [-0.2, 0) is 10.2 Å². The summed E-state index contributed by atoms with van der Waals surface area (Å²) in [7, 11) is 0. The Bertz CT molecular complexity index is 1390. The molecular weight excluding hydrogens is 446 g/mol. The lowest BCUT2D eigenvalue weighted by molar-refractivity contribution is -0.131. The van der Waals surface area contributed by atoms with Crippen molar-refractivity contribution in [3.63, 3.8) is 0 Å². The van der Waals surface area contributed by atoms with Gasteiger partial charge in [0.15, 0.2) is 11.5 Å². The Labute approximate surface area is 203 Å². The van der Waals surface area contributed by atoms with E-state index >= 15 is 0 Å². The molecule has 176 valence electrons. The molecule has 1 N–H and O–H groups in total. The number of benzene rings is 1. The average Bonchev–Trinajstić information content (AvgIpc) is 3.50. The maximum absolute atomic E-state index is 10.9. The van der Waals surface area contributed by atoms with Crippen LogP contribution in [0.1, 0.15) is 51.0 Å². The lowest BCUT2D eigenvalue weighted by Crippen LogP contribution is -2.22. The van der Waals surface area contributed by atoms with Crippen molar-refractivity contribution in [3.05, 3.63) is 64.1 Å². The Balaban J connectivity index is 1.74. The molecule has 0 bridgehead atoms. The van der Waals surface area contributed by atoms with Crippen molar-refractivity contribution in [1.29, 1.82) is 0 Å². The largest absolute Gasteiger partial charge is 0.478 e. The first-order chi connectivity index (χ1) is 16.2. The van der Waals surface area contributed by atoms with E-state index in [2.05, 4.69) is 92.2 Å². The van der Waals surface area contributed by atoms with Crippen molar-refractivity contribution in [2.75, 3.05) is 18.0 Å². The zero-order valence-corrected chi connectivity index (χ0v) is 20.9. The Hall–Kier alpha value is -3.52. The summed E-state index contributed by atoms with van der Waals surface area (Å²) < 4.78 is 1.62. The van der Waals surface area contributed by atoms with Crippen LogP contribution in [0.4, 0.5) is 5.69 Å². The topological polar surface area (TPSA) is 83.6 Å². The fourth-order valence-corrected chi connectivity index (χ4v) is 4.86. The molecule has 4 rings (SSSR count).